The molecule has 1 aliphatic heterocycles. The van der Waals surface area contributed by atoms with E-state index in [4.69, 9.17) is 0 Å². The number of rotatable bonds is 5. The molecule has 0 atom stereocenters. The molecule has 0 spiro atoms. The summed E-state index contributed by atoms with van der Waals surface area (Å²) in [5.41, 5.74) is 0.616. The Kier molecular flexibility index (Phi) is 5.00. The number of anilines is 1. The molecule has 126 valence electrons. The molecule has 0 radical (unpaired) electrons. The minimum atomic E-state index is -0.428. The van der Waals surface area contributed by atoms with Gasteiger partial charge in [0.15, 0.2) is 0 Å². The van der Waals surface area contributed by atoms with E-state index in [9.17, 15) is 9.90 Å². The van der Waals surface area contributed by atoms with Crippen LogP contribution in [-0.4, -0.2) is 41.4 Å². The van der Waals surface area contributed by atoms with Crippen LogP contribution in [0, 0.1) is 0 Å². The van der Waals surface area contributed by atoms with Crippen LogP contribution in [0.2, 0.25) is 0 Å². The van der Waals surface area contributed by atoms with Crippen LogP contribution in [0.5, 0.6) is 0 Å². The Balaban J connectivity index is 1.53. The van der Waals surface area contributed by atoms with E-state index in [2.05, 4.69) is 20.5 Å². The van der Waals surface area contributed by atoms with Gasteiger partial charge in [-0.1, -0.05) is 12.8 Å². The molecule has 3 N–H and O–H groups in total. The first-order valence-electron chi connectivity index (χ1n) is 8.58. The van der Waals surface area contributed by atoms with Gasteiger partial charge in [-0.2, -0.15) is 0 Å². The number of carbonyl (C=O) groups excluding carboxylic acids is 1. The lowest BCUT2D eigenvalue weighted by Crippen LogP contribution is -2.52. The zero-order valence-corrected chi connectivity index (χ0v) is 13.6. The van der Waals surface area contributed by atoms with Crippen molar-refractivity contribution in [2.24, 2.45) is 0 Å². The summed E-state index contributed by atoms with van der Waals surface area (Å²) in [5, 5.41) is 15.4. The Morgan fingerprint density at radius 1 is 1.26 bits per heavy atom. The number of nitrogens with one attached hydrogen (secondary N) is 2. The highest BCUT2D eigenvalue weighted by molar-refractivity contribution is 5.74. The molecule has 2 amide bonds. The van der Waals surface area contributed by atoms with Gasteiger partial charge in [0.1, 0.15) is 5.82 Å². The van der Waals surface area contributed by atoms with E-state index >= 15 is 0 Å². The van der Waals surface area contributed by atoms with Gasteiger partial charge in [0, 0.05) is 25.8 Å². The number of pyridine rings is 1. The Morgan fingerprint density at radius 2 is 2.00 bits per heavy atom. The third-order valence-electron chi connectivity index (χ3n) is 4.94. The van der Waals surface area contributed by atoms with Crippen molar-refractivity contribution in [3.05, 3.63) is 23.9 Å². The molecule has 3 rings (SSSR count). The maximum Gasteiger partial charge on any atom is 0.315 e. The monoisotopic (exact) mass is 318 g/mol. The normalized spacial score (nSPS) is 19.8. The summed E-state index contributed by atoms with van der Waals surface area (Å²) in [7, 11) is 0. The molecule has 23 heavy (non-hydrogen) atoms. The van der Waals surface area contributed by atoms with E-state index in [1.807, 2.05) is 12.1 Å². The SMILES string of the molecule is O=C(NCc1ccnc(N2CCCC2)c1)NC1(CO)CCCC1. The lowest BCUT2D eigenvalue weighted by Gasteiger charge is -2.28. The summed E-state index contributed by atoms with van der Waals surface area (Å²) in [5.74, 6) is 0.991. The third-order valence-corrected chi connectivity index (χ3v) is 4.94. The Hall–Kier alpha value is -1.82. The van der Waals surface area contributed by atoms with Crippen LogP contribution in [0.3, 0.4) is 0 Å². The molecule has 1 aromatic rings. The fourth-order valence-electron chi connectivity index (χ4n) is 3.53. The molecule has 1 aromatic heterocycles. The number of hydrogen-bond acceptors (Lipinski definition) is 4. The van der Waals surface area contributed by atoms with E-state index in [1.54, 1.807) is 6.20 Å². The number of aliphatic hydroxyl groups is 1. The molecule has 2 heterocycles. The molecule has 6 heteroatoms. The molecule has 0 aromatic carbocycles. The summed E-state index contributed by atoms with van der Waals surface area (Å²) in [4.78, 5) is 18.8. The number of carbonyl (C=O) groups is 1. The maximum atomic E-state index is 12.1. The van der Waals surface area contributed by atoms with Gasteiger partial charge in [-0.15, -0.1) is 0 Å². The summed E-state index contributed by atoms with van der Waals surface area (Å²) >= 11 is 0. The highest BCUT2D eigenvalue weighted by atomic mass is 16.3. The van der Waals surface area contributed by atoms with Gasteiger partial charge in [-0.3, -0.25) is 0 Å². The summed E-state index contributed by atoms with van der Waals surface area (Å²) < 4.78 is 0. The minimum absolute atomic E-state index is 0.00872. The fourth-order valence-corrected chi connectivity index (χ4v) is 3.53. The van der Waals surface area contributed by atoms with E-state index in [1.165, 1.54) is 12.8 Å². The van der Waals surface area contributed by atoms with Gasteiger partial charge < -0.3 is 20.6 Å². The first-order valence-corrected chi connectivity index (χ1v) is 8.58. The van der Waals surface area contributed by atoms with Crippen LogP contribution in [0.4, 0.5) is 10.6 Å². The average Bonchev–Trinajstić information content (AvgIpc) is 3.25. The van der Waals surface area contributed by atoms with Crippen molar-refractivity contribution in [1.82, 2.24) is 15.6 Å². The minimum Gasteiger partial charge on any atom is -0.394 e. The molecule has 0 unspecified atom stereocenters. The number of nitrogens with zero attached hydrogens (tertiary/aromatic N) is 2. The predicted octanol–water partition coefficient (Wildman–Crippen LogP) is 1.79. The Bertz CT molecular complexity index is 537. The first kappa shape index (κ1) is 16.1. The van der Waals surface area contributed by atoms with Crippen molar-refractivity contribution in [2.75, 3.05) is 24.6 Å². The second kappa shape index (κ2) is 7.17. The van der Waals surface area contributed by atoms with Crippen molar-refractivity contribution in [1.29, 1.82) is 0 Å². The zero-order valence-electron chi connectivity index (χ0n) is 13.6. The molecule has 1 saturated carbocycles. The predicted molar refractivity (Wildman–Crippen MR) is 89.3 cm³/mol. The van der Waals surface area contributed by atoms with Crippen LogP contribution in [0.15, 0.2) is 18.3 Å². The topological polar surface area (TPSA) is 77.5 Å². The summed E-state index contributed by atoms with van der Waals surface area (Å²) in [6, 6.07) is 3.76. The highest BCUT2D eigenvalue weighted by Gasteiger charge is 2.34. The summed E-state index contributed by atoms with van der Waals surface area (Å²) in [6.07, 6.45) is 8.06. The molecular weight excluding hydrogens is 292 g/mol. The van der Waals surface area contributed by atoms with Crippen molar-refractivity contribution >= 4 is 11.8 Å². The first-order chi connectivity index (χ1) is 11.2. The Morgan fingerprint density at radius 3 is 2.70 bits per heavy atom. The van der Waals surface area contributed by atoms with Crippen LogP contribution < -0.4 is 15.5 Å². The standard InChI is InChI=1S/C17H26N4O2/c22-13-17(6-1-2-7-17)20-16(23)19-12-14-5-8-18-15(11-14)21-9-3-4-10-21/h5,8,11,22H,1-4,6-7,9-10,12-13H2,(H2,19,20,23). The van der Waals surface area contributed by atoms with Gasteiger partial charge in [0.05, 0.1) is 12.1 Å². The van der Waals surface area contributed by atoms with Crippen LogP contribution >= 0.6 is 0 Å². The smallest absolute Gasteiger partial charge is 0.315 e. The zero-order chi connectivity index (χ0) is 16.1. The lowest BCUT2D eigenvalue weighted by atomic mass is 9.99. The van der Waals surface area contributed by atoms with Gasteiger partial charge in [0.25, 0.3) is 0 Å². The van der Waals surface area contributed by atoms with Crippen LogP contribution in [-0.2, 0) is 6.54 Å². The highest BCUT2D eigenvalue weighted by Crippen LogP contribution is 2.28. The van der Waals surface area contributed by atoms with Crippen molar-refractivity contribution in [3.63, 3.8) is 0 Å². The lowest BCUT2D eigenvalue weighted by molar-refractivity contribution is 0.163. The van der Waals surface area contributed by atoms with Gasteiger partial charge in [0.2, 0.25) is 0 Å². The largest absolute Gasteiger partial charge is 0.394 e. The quantitative estimate of drug-likeness (QED) is 0.773. The maximum absolute atomic E-state index is 12.1. The van der Waals surface area contributed by atoms with Gasteiger partial charge in [-0.05, 0) is 43.4 Å². The second-order valence-electron chi connectivity index (χ2n) is 6.67. The molecule has 1 saturated heterocycles. The molecule has 2 fully saturated rings. The molecule has 6 nitrogen and oxygen atoms in total. The summed E-state index contributed by atoms with van der Waals surface area (Å²) in [6.45, 7) is 2.60. The number of amides is 2. The second-order valence-corrected chi connectivity index (χ2v) is 6.67. The number of aliphatic hydroxyl groups excluding tert-OH is 1. The van der Waals surface area contributed by atoms with Gasteiger partial charge >= 0.3 is 6.03 Å². The average molecular weight is 318 g/mol. The van der Waals surface area contributed by atoms with Crippen molar-refractivity contribution in [2.45, 2.75) is 50.6 Å². The van der Waals surface area contributed by atoms with E-state index < -0.39 is 5.54 Å². The molecule has 1 aliphatic carbocycles. The fraction of sp³-hybridized carbons (Fsp3) is 0.647. The number of urea groups is 1. The van der Waals surface area contributed by atoms with E-state index in [0.717, 1.165) is 50.2 Å². The van der Waals surface area contributed by atoms with E-state index in [0.29, 0.717) is 6.54 Å². The molecular formula is C17H26N4O2. The molecule has 2 aliphatic rings. The molecule has 0 bridgehead atoms. The Labute approximate surface area is 137 Å². The van der Waals surface area contributed by atoms with Crippen molar-refractivity contribution in [3.8, 4) is 0 Å². The van der Waals surface area contributed by atoms with Crippen LogP contribution in [0.1, 0.15) is 44.1 Å². The van der Waals surface area contributed by atoms with Crippen molar-refractivity contribution < 1.29 is 9.90 Å². The van der Waals surface area contributed by atoms with E-state index in [-0.39, 0.29) is 12.6 Å². The number of aromatic nitrogens is 1. The van der Waals surface area contributed by atoms with Gasteiger partial charge in [-0.25, -0.2) is 9.78 Å². The number of hydrogen-bond donors (Lipinski definition) is 3. The third kappa shape index (κ3) is 3.93. The van der Waals surface area contributed by atoms with Crippen LogP contribution in [0.25, 0.3) is 0 Å².